The minimum Gasteiger partial charge on any atom is -0.430 e. The Bertz CT molecular complexity index is 105. The van der Waals surface area contributed by atoms with E-state index in [1.54, 1.807) is 0 Å². The molecule has 0 spiro atoms. The van der Waals surface area contributed by atoms with E-state index in [-0.39, 0.29) is 0 Å². The average molecular weight is 172 g/mol. The maximum atomic E-state index is 10.4. The molecule has 0 bridgehead atoms. The summed E-state index contributed by atoms with van der Waals surface area (Å²) in [7, 11) is 0. The van der Waals surface area contributed by atoms with Gasteiger partial charge in [0, 0.05) is 0 Å². The molecule has 5 heteroatoms. The normalized spacial score (nSPS) is 13.4. The van der Waals surface area contributed by atoms with Gasteiger partial charge >= 0.3 is 5.97 Å². The fourth-order valence-corrected chi connectivity index (χ4v) is 0.371. The van der Waals surface area contributed by atoms with Crippen molar-refractivity contribution in [3.05, 3.63) is 0 Å². The zero-order chi connectivity index (χ0) is 7.44. The molecule has 0 aromatic carbocycles. The van der Waals surface area contributed by atoms with E-state index < -0.39 is 17.0 Å². The minimum absolute atomic E-state index is 0.606. The summed E-state index contributed by atoms with van der Waals surface area (Å²) in [6.07, 6.45) is 0. The van der Waals surface area contributed by atoms with E-state index in [9.17, 15) is 4.79 Å². The van der Waals surface area contributed by atoms with Crippen LogP contribution in [0.5, 0.6) is 0 Å². The zero-order valence-corrected chi connectivity index (χ0v) is 6.32. The summed E-state index contributed by atoms with van der Waals surface area (Å²) >= 11 is 10.2. The molecule has 9 heavy (non-hydrogen) atoms. The van der Waals surface area contributed by atoms with Crippen LogP contribution in [0.1, 0.15) is 6.92 Å². The molecule has 0 aliphatic rings. The minimum atomic E-state index is -1.12. The molecule has 1 atom stereocenters. The number of ether oxygens (including phenoxy) is 1. The van der Waals surface area contributed by atoms with E-state index in [0.717, 1.165) is 0 Å². The Labute approximate surface area is 63.1 Å². The molecular weight excluding hydrogens is 165 g/mol. The molecule has 0 saturated heterocycles. The van der Waals surface area contributed by atoms with E-state index in [0.29, 0.717) is 0 Å². The Morgan fingerprint density at radius 2 is 2.11 bits per heavy atom. The lowest BCUT2D eigenvalue weighted by molar-refractivity contribution is -0.144. The van der Waals surface area contributed by atoms with Crippen LogP contribution in [0.25, 0.3) is 0 Å². The van der Waals surface area contributed by atoms with Crippen LogP contribution in [0.3, 0.4) is 0 Å². The van der Waals surface area contributed by atoms with Gasteiger partial charge in [0.15, 0.2) is 0 Å². The van der Waals surface area contributed by atoms with Crippen LogP contribution in [-0.4, -0.2) is 17.0 Å². The highest BCUT2D eigenvalue weighted by molar-refractivity contribution is 6.43. The van der Waals surface area contributed by atoms with Crippen molar-refractivity contribution in [1.82, 2.24) is 0 Å². The first-order valence-corrected chi connectivity index (χ1v) is 3.15. The third-order valence-corrected chi connectivity index (χ3v) is 0.755. The van der Waals surface area contributed by atoms with Gasteiger partial charge in [-0.1, -0.05) is 23.2 Å². The Hall–Kier alpha value is 0.01000. The van der Waals surface area contributed by atoms with Crippen LogP contribution in [-0.2, 0) is 9.53 Å². The molecule has 0 aromatic rings. The molecule has 0 unspecified atom stereocenters. The van der Waals surface area contributed by atoms with E-state index in [1.165, 1.54) is 6.92 Å². The number of hydrogen-bond donors (Lipinski definition) is 1. The summed E-state index contributed by atoms with van der Waals surface area (Å²) in [5, 5.41) is -1.12. The maximum Gasteiger partial charge on any atom is 0.325 e. The molecule has 0 aromatic heterocycles. The molecule has 3 nitrogen and oxygen atoms in total. The van der Waals surface area contributed by atoms with E-state index >= 15 is 0 Å². The topological polar surface area (TPSA) is 52.3 Å². The van der Waals surface area contributed by atoms with Gasteiger partial charge in [-0.25, -0.2) is 0 Å². The monoisotopic (exact) mass is 171 g/mol. The molecule has 0 heterocycles. The average Bonchev–Trinajstić information content (AvgIpc) is 1.63. The molecule has 0 saturated carbocycles. The summed E-state index contributed by atoms with van der Waals surface area (Å²) < 4.78 is 4.28. The third-order valence-electron chi connectivity index (χ3n) is 0.577. The Morgan fingerprint density at radius 3 is 2.22 bits per heavy atom. The van der Waals surface area contributed by atoms with Crippen LogP contribution in [0.4, 0.5) is 0 Å². The Balaban J connectivity index is 3.51. The fraction of sp³-hybridized carbons (Fsp3) is 0.750. The largest absolute Gasteiger partial charge is 0.430 e. The number of rotatable bonds is 2. The smallest absolute Gasteiger partial charge is 0.325 e. The zero-order valence-electron chi connectivity index (χ0n) is 4.80. The molecule has 0 aliphatic carbocycles. The maximum absolute atomic E-state index is 10.4. The number of halogens is 2. The van der Waals surface area contributed by atoms with Crippen molar-refractivity contribution in [1.29, 1.82) is 0 Å². The number of hydrogen-bond acceptors (Lipinski definition) is 3. The van der Waals surface area contributed by atoms with Crippen LogP contribution in [0, 0.1) is 0 Å². The van der Waals surface area contributed by atoms with Crippen molar-refractivity contribution in [2.45, 2.75) is 18.0 Å². The number of carbonyl (C=O) groups is 1. The van der Waals surface area contributed by atoms with Crippen molar-refractivity contribution in [3.8, 4) is 0 Å². The third kappa shape index (κ3) is 4.51. The van der Waals surface area contributed by atoms with Gasteiger partial charge in [0.1, 0.15) is 6.04 Å². The van der Waals surface area contributed by atoms with E-state index in [2.05, 4.69) is 4.74 Å². The molecule has 0 amide bonds. The quantitative estimate of drug-likeness (QED) is 0.491. The first-order chi connectivity index (χ1) is 4.04. The van der Waals surface area contributed by atoms with E-state index in [1.807, 2.05) is 0 Å². The number of carbonyl (C=O) groups excluding carboxylic acids is 1. The number of esters is 1. The standard InChI is InChI=1S/C4H7Cl2NO2/c1-2(7)3(8)9-4(5)6/h2,4H,7H2,1H3/t2-/m0/s1. The van der Waals surface area contributed by atoms with Crippen molar-refractivity contribution in [2.24, 2.45) is 5.73 Å². The number of alkyl halides is 2. The molecule has 0 radical (unpaired) electrons. The van der Waals surface area contributed by atoms with Gasteiger partial charge in [-0.15, -0.1) is 0 Å². The fourth-order valence-electron chi connectivity index (χ4n) is 0.195. The summed E-state index contributed by atoms with van der Waals surface area (Å²) in [5.74, 6) is -0.606. The molecule has 0 aliphatic heterocycles. The Kier molecular flexibility index (Phi) is 3.93. The first kappa shape index (κ1) is 9.01. The van der Waals surface area contributed by atoms with Gasteiger partial charge < -0.3 is 10.5 Å². The molecule has 2 N–H and O–H groups in total. The second-order valence-electron chi connectivity index (χ2n) is 1.49. The highest BCUT2D eigenvalue weighted by Crippen LogP contribution is 2.03. The second kappa shape index (κ2) is 3.93. The number of nitrogens with two attached hydrogens (primary N) is 1. The second-order valence-corrected chi connectivity index (χ2v) is 2.50. The predicted octanol–water partition coefficient (Wildman–Crippen LogP) is 0.638. The molecule has 54 valence electrons. The lowest BCUT2D eigenvalue weighted by Gasteiger charge is -2.05. The van der Waals surface area contributed by atoms with Crippen molar-refractivity contribution < 1.29 is 9.53 Å². The van der Waals surface area contributed by atoms with Gasteiger partial charge in [-0.05, 0) is 6.92 Å². The van der Waals surface area contributed by atoms with Crippen LogP contribution in [0.2, 0.25) is 0 Å². The first-order valence-electron chi connectivity index (χ1n) is 2.28. The summed E-state index contributed by atoms with van der Waals surface area (Å²) in [6.45, 7) is 1.48. The van der Waals surface area contributed by atoms with Gasteiger partial charge in [0.05, 0.1) is 0 Å². The van der Waals surface area contributed by atoms with Crippen LogP contribution in [0.15, 0.2) is 0 Å². The molecule has 0 rings (SSSR count). The van der Waals surface area contributed by atoms with Gasteiger partial charge in [-0.3, -0.25) is 4.79 Å². The Morgan fingerprint density at radius 1 is 1.67 bits per heavy atom. The summed E-state index contributed by atoms with van der Waals surface area (Å²) in [5.41, 5.74) is 5.09. The van der Waals surface area contributed by atoms with Gasteiger partial charge in [0.25, 0.3) is 5.02 Å². The van der Waals surface area contributed by atoms with Crippen molar-refractivity contribution >= 4 is 29.2 Å². The highest BCUT2D eigenvalue weighted by Gasteiger charge is 2.11. The van der Waals surface area contributed by atoms with Gasteiger partial charge in [-0.2, -0.15) is 0 Å². The molecular formula is C4H7Cl2NO2. The van der Waals surface area contributed by atoms with E-state index in [4.69, 9.17) is 28.9 Å². The highest BCUT2D eigenvalue weighted by atomic mass is 35.5. The van der Waals surface area contributed by atoms with Crippen LogP contribution >= 0.6 is 23.2 Å². The van der Waals surface area contributed by atoms with Crippen molar-refractivity contribution in [2.75, 3.05) is 0 Å². The van der Waals surface area contributed by atoms with Crippen molar-refractivity contribution in [3.63, 3.8) is 0 Å². The summed E-state index contributed by atoms with van der Waals surface area (Å²) in [4.78, 5) is 10.4. The predicted molar refractivity (Wildman–Crippen MR) is 35.2 cm³/mol. The van der Waals surface area contributed by atoms with Crippen LogP contribution < -0.4 is 5.73 Å². The van der Waals surface area contributed by atoms with Gasteiger partial charge in [0.2, 0.25) is 0 Å². The molecule has 0 fully saturated rings. The lowest BCUT2D eigenvalue weighted by Crippen LogP contribution is -2.29. The summed E-state index contributed by atoms with van der Waals surface area (Å²) in [6, 6.07) is -0.676. The lowest BCUT2D eigenvalue weighted by atomic mass is 10.4. The SMILES string of the molecule is C[C@H](N)C(=O)OC(Cl)Cl.